The van der Waals surface area contributed by atoms with E-state index >= 15 is 0 Å². The third-order valence-corrected chi connectivity index (χ3v) is 3.31. The van der Waals surface area contributed by atoms with Crippen LogP contribution in [0.2, 0.25) is 0 Å². The topological polar surface area (TPSA) is 36.8 Å². The van der Waals surface area contributed by atoms with Crippen LogP contribution in [0.5, 0.6) is 0 Å². The third kappa shape index (κ3) is 3.78. The fourth-order valence-electron chi connectivity index (χ4n) is 1.57. The molecule has 4 heteroatoms. The van der Waals surface area contributed by atoms with Crippen molar-refractivity contribution in [3.63, 3.8) is 0 Å². The summed E-state index contributed by atoms with van der Waals surface area (Å²) in [4.78, 5) is 4.17. The van der Waals surface area contributed by atoms with Crippen LogP contribution in [0.3, 0.4) is 0 Å². The van der Waals surface area contributed by atoms with Gasteiger partial charge in [-0.2, -0.15) is 0 Å². The molecule has 1 radical (unpaired) electrons. The van der Waals surface area contributed by atoms with Gasteiger partial charge in [0.25, 0.3) is 0 Å². The Balaban J connectivity index is 2.29. The van der Waals surface area contributed by atoms with Gasteiger partial charge >= 0.3 is 121 Å². The molecule has 2 rings (SSSR count). The van der Waals surface area contributed by atoms with E-state index in [4.69, 9.17) is 0 Å². The van der Waals surface area contributed by atoms with E-state index in [0.29, 0.717) is 0 Å². The molecule has 0 aromatic heterocycles. The van der Waals surface area contributed by atoms with Crippen molar-refractivity contribution < 1.29 is 0 Å². The minimum absolute atomic E-state index is 0.773. The Labute approximate surface area is 121 Å². The van der Waals surface area contributed by atoms with Gasteiger partial charge in [0, 0.05) is 0 Å². The number of aliphatic imine (C=N–C) groups is 1. The van der Waals surface area contributed by atoms with E-state index in [9.17, 15) is 0 Å². The standard InChI is InChI=1S/C15H14N3Se/c1-16-15(19)14(12-8-4-2-5-9-12)18-17-13-10-6-3-7-11-13/h2-11,17H,1H3/b16-15?,18-14-. The van der Waals surface area contributed by atoms with Crippen molar-refractivity contribution in [2.24, 2.45) is 10.1 Å². The molecule has 0 aliphatic rings. The Kier molecular flexibility index (Phi) is 4.90. The molecule has 0 bridgehead atoms. The molecular formula is C15H14N3Se. The molecule has 3 nitrogen and oxygen atoms in total. The fourth-order valence-corrected chi connectivity index (χ4v) is 1.91. The molecular weight excluding hydrogens is 301 g/mol. The van der Waals surface area contributed by atoms with Gasteiger partial charge in [-0.1, -0.05) is 0 Å². The molecule has 2 aromatic carbocycles. The van der Waals surface area contributed by atoms with Gasteiger partial charge < -0.3 is 0 Å². The predicted molar refractivity (Wildman–Crippen MR) is 82.2 cm³/mol. The van der Waals surface area contributed by atoms with E-state index in [1.54, 1.807) is 7.05 Å². The quantitative estimate of drug-likeness (QED) is 0.526. The van der Waals surface area contributed by atoms with Crippen molar-refractivity contribution in [2.45, 2.75) is 0 Å². The SMILES string of the molecule is CN=C([Se])/C(=N\Nc1ccccc1)c1ccccc1. The summed E-state index contributed by atoms with van der Waals surface area (Å²) in [5.74, 6) is 0. The normalized spacial score (nSPS) is 12.3. The van der Waals surface area contributed by atoms with Crippen LogP contribution in [0.25, 0.3) is 0 Å². The summed E-state index contributed by atoms with van der Waals surface area (Å²) in [6.45, 7) is 0. The molecule has 0 atom stereocenters. The number of benzene rings is 2. The molecule has 2 aromatic rings. The Bertz CT molecular complexity index is 577. The second kappa shape index (κ2) is 6.88. The molecule has 0 aliphatic heterocycles. The number of hydrogen-bond donors (Lipinski definition) is 1. The predicted octanol–water partition coefficient (Wildman–Crippen LogP) is 2.70. The van der Waals surface area contributed by atoms with E-state index in [1.165, 1.54) is 0 Å². The fraction of sp³-hybridized carbons (Fsp3) is 0.0667. The van der Waals surface area contributed by atoms with Crippen molar-refractivity contribution in [1.82, 2.24) is 0 Å². The Morgan fingerprint density at radius 1 is 0.947 bits per heavy atom. The van der Waals surface area contributed by atoms with E-state index < -0.39 is 0 Å². The van der Waals surface area contributed by atoms with Gasteiger partial charge in [0.1, 0.15) is 0 Å². The van der Waals surface area contributed by atoms with E-state index in [0.717, 1.165) is 21.6 Å². The Hall–Kier alpha value is -1.90. The summed E-state index contributed by atoms with van der Waals surface area (Å²) in [6, 6.07) is 19.8. The van der Waals surface area contributed by atoms with Crippen LogP contribution in [-0.4, -0.2) is 33.4 Å². The molecule has 0 aliphatic carbocycles. The van der Waals surface area contributed by atoms with E-state index in [2.05, 4.69) is 31.5 Å². The van der Waals surface area contributed by atoms with Gasteiger partial charge in [-0.25, -0.2) is 0 Å². The minimum atomic E-state index is 0.773. The zero-order valence-electron chi connectivity index (χ0n) is 10.6. The van der Waals surface area contributed by atoms with Gasteiger partial charge in [-0.3, -0.25) is 0 Å². The van der Waals surface area contributed by atoms with Crippen molar-refractivity contribution >= 4 is 32.0 Å². The summed E-state index contributed by atoms with van der Waals surface area (Å²) in [6.07, 6.45) is 0. The van der Waals surface area contributed by atoms with Crippen LogP contribution in [0.4, 0.5) is 5.69 Å². The van der Waals surface area contributed by atoms with Crippen molar-refractivity contribution in [3.05, 3.63) is 66.2 Å². The third-order valence-electron chi connectivity index (χ3n) is 2.52. The summed E-state index contributed by atoms with van der Waals surface area (Å²) in [5.41, 5.74) is 5.81. The van der Waals surface area contributed by atoms with E-state index in [-0.39, 0.29) is 0 Å². The molecule has 0 unspecified atom stereocenters. The molecule has 0 saturated carbocycles. The van der Waals surface area contributed by atoms with Crippen LogP contribution in [0, 0.1) is 0 Å². The molecule has 0 saturated heterocycles. The zero-order valence-corrected chi connectivity index (χ0v) is 12.3. The van der Waals surface area contributed by atoms with Crippen LogP contribution in [-0.2, 0) is 0 Å². The first-order chi connectivity index (χ1) is 9.31. The number of nitrogens with zero attached hydrogens (tertiary/aromatic N) is 2. The van der Waals surface area contributed by atoms with Gasteiger partial charge in [-0.15, -0.1) is 0 Å². The van der Waals surface area contributed by atoms with Crippen LogP contribution in [0.15, 0.2) is 70.8 Å². The molecule has 19 heavy (non-hydrogen) atoms. The first kappa shape index (κ1) is 13.5. The Morgan fingerprint density at radius 2 is 1.53 bits per heavy atom. The number of rotatable bonds is 4. The molecule has 0 heterocycles. The molecule has 95 valence electrons. The first-order valence-corrected chi connectivity index (χ1v) is 6.75. The maximum atomic E-state index is 4.44. The maximum absolute atomic E-state index is 4.44. The number of anilines is 1. The van der Waals surface area contributed by atoms with Crippen LogP contribution >= 0.6 is 0 Å². The van der Waals surface area contributed by atoms with Gasteiger partial charge in [-0.05, 0) is 0 Å². The van der Waals surface area contributed by atoms with Crippen LogP contribution < -0.4 is 5.43 Å². The second-order valence-corrected chi connectivity index (χ2v) is 4.64. The van der Waals surface area contributed by atoms with Crippen molar-refractivity contribution in [2.75, 3.05) is 12.5 Å². The Morgan fingerprint density at radius 3 is 2.11 bits per heavy atom. The second-order valence-electron chi connectivity index (χ2n) is 3.83. The zero-order chi connectivity index (χ0) is 13.5. The van der Waals surface area contributed by atoms with Gasteiger partial charge in [0.15, 0.2) is 0 Å². The van der Waals surface area contributed by atoms with E-state index in [1.807, 2.05) is 60.7 Å². The van der Waals surface area contributed by atoms with Crippen LogP contribution in [0.1, 0.15) is 5.56 Å². The number of nitrogens with one attached hydrogen (secondary N) is 1. The number of para-hydroxylation sites is 1. The monoisotopic (exact) mass is 316 g/mol. The van der Waals surface area contributed by atoms with Gasteiger partial charge in [0.2, 0.25) is 0 Å². The number of hydrazone groups is 1. The average Bonchev–Trinajstić information content (AvgIpc) is 2.49. The summed E-state index contributed by atoms with van der Waals surface area (Å²) in [7, 11) is 1.74. The van der Waals surface area contributed by atoms with Gasteiger partial charge in [0.05, 0.1) is 0 Å². The molecule has 0 fully saturated rings. The molecule has 0 spiro atoms. The summed E-state index contributed by atoms with van der Waals surface area (Å²) < 4.78 is 0.773. The summed E-state index contributed by atoms with van der Waals surface area (Å²) >= 11 is 2.94. The molecule has 0 amide bonds. The first-order valence-electron chi connectivity index (χ1n) is 5.89. The molecule has 1 N–H and O–H groups in total. The number of hydrogen-bond acceptors (Lipinski definition) is 3. The average molecular weight is 315 g/mol. The van der Waals surface area contributed by atoms with Crippen molar-refractivity contribution in [1.29, 1.82) is 0 Å². The van der Waals surface area contributed by atoms with Crippen molar-refractivity contribution in [3.8, 4) is 0 Å². The summed E-state index contributed by atoms with van der Waals surface area (Å²) in [5, 5.41) is 4.44.